The summed E-state index contributed by atoms with van der Waals surface area (Å²) in [5.41, 5.74) is 6.71. The molecule has 0 radical (unpaired) electrons. The number of halogens is 1. The van der Waals surface area contributed by atoms with Gasteiger partial charge in [-0.2, -0.15) is 0 Å². The van der Waals surface area contributed by atoms with E-state index in [2.05, 4.69) is 15.9 Å². The van der Waals surface area contributed by atoms with Crippen molar-refractivity contribution in [1.82, 2.24) is 0 Å². The molecule has 1 aromatic rings. The van der Waals surface area contributed by atoms with Crippen molar-refractivity contribution in [2.75, 3.05) is 11.1 Å². The first-order chi connectivity index (χ1) is 7.15. The minimum Gasteiger partial charge on any atom is -0.399 e. The lowest BCUT2D eigenvalue weighted by Gasteiger charge is -1.98. The number of nitrogen functional groups attached to an aromatic ring is 1. The topological polar surface area (TPSA) is 69.2 Å². The maximum absolute atomic E-state index is 10.7. The number of allylic oxidation sites excluding steroid dienone is 1. The first kappa shape index (κ1) is 11.7. The molecule has 5 heteroatoms. The summed E-state index contributed by atoms with van der Waals surface area (Å²) < 4.78 is 0. The van der Waals surface area contributed by atoms with Crippen LogP contribution in [0.1, 0.15) is 12.0 Å². The zero-order valence-corrected chi connectivity index (χ0v) is 9.61. The van der Waals surface area contributed by atoms with Gasteiger partial charge in [-0.1, -0.05) is 28.1 Å². The van der Waals surface area contributed by atoms with E-state index in [9.17, 15) is 10.1 Å². The highest BCUT2D eigenvalue weighted by molar-refractivity contribution is 9.09. The molecule has 0 spiro atoms. The number of rotatable bonds is 4. The van der Waals surface area contributed by atoms with Crippen LogP contribution in [0.3, 0.4) is 0 Å². The van der Waals surface area contributed by atoms with Crippen molar-refractivity contribution < 1.29 is 4.92 Å². The lowest BCUT2D eigenvalue weighted by Crippen LogP contribution is -1.93. The summed E-state index contributed by atoms with van der Waals surface area (Å²) in [6.45, 7) is 0. The molecule has 1 rings (SSSR count). The summed E-state index contributed by atoms with van der Waals surface area (Å²) in [5.74, 6) is 0. The number of hydrogen-bond donors (Lipinski definition) is 1. The highest BCUT2D eigenvalue weighted by atomic mass is 79.9. The fraction of sp³-hybridized carbons (Fsp3) is 0.200. The Morgan fingerprint density at radius 1 is 1.53 bits per heavy atom. The Hall–Kier alpha value is -1.36. The van der Waals surface area contributed by atoms with Crippen molar-refractivity contribution >= 4 is 33.4 Å². The zero-order valence-electron chi connectivity index (χ0n) is 8.02. The molecule has 0 aliphatic rings. The number of nitro benzene ring substituents is 1. The van der Waals surface area contributed by atoms with E-state index in [0.29, 0.717) is 11.3 Å². The van der Waals surface area contributed by atoms with Crippen LogP contribution in [0.5, 0.6) is 0 Å². The van der Waals surface area contributed by atoms with Crippen LogP contribution in [-0.4, -0.2) is 10.3 Å². The van der Waals surface area contributed by atoms with E-state index < -0.39 is 4.92 Å². The Bertz CT molecular complexity index is 391. The monoisotopic (exact) mass is 270 g/mol. The molecule has 0 fully saturated rings. The van der Waals surface area contributed by atoms with Crippen molar-refractivity contribution in [2.24, 2.45) is 0 Å². The van der Waals surface area contributed by atoms with Gasteiger partial charge in [-0.3, -0.25) is 10.1 Å². The first-order valence-electron chi connectivity index (χ1n) is 4.41. The van der Waals surface area contributed by atoms with Gasteiger partial charge >= 0.3 is 0 Å². The predicted molar refractivity (Wildman–Crippen MR) is 65.0 cm³/mol. The van der Waals surface area contributed by atoms with Crippen molar-refractivity contribution in [3.8, 4) is 0 Å². The van der Waals surface area contributed by atoms with Gasteiger partial charge in [0, 0.05) is 17.1 Å². The number of alkyl halides is 1. The molecule has 4 nitrogen and oxygen atoms in total. The summed E-state index contributed by atoms with van der Waals surface area (Å²) in [6.07, 6.45) is 4.41. The second-order valence-corrected chi connectivity index (χ2v) is 3.75. The average Bonchev–Trinajstić information content (AvgIpc) is 2.18. The van der Waals surface area contributed by atoms with Crippen LogP contribution >= 0.6 is 15.9 Å². The molecule has 0 aliphatic heterocycles. The maximum Gasteiger partial charge on any atom is 0.276 e. The summed E-state index contributed by atoms with van der Waals surface area (Å²) in [5, 5.41) is 11.5. The molecular formula is C10H11BrN2O2. The highest BCUT2D eigenvalue weighted by Crippen LogP contribution is 2.22. The second-order valence-electron chi connectivity index (χ2n) is 2.96. The molecule has 80 valence electrons. The van der Waals surface area contributed by atoms with Crippen LogP contribution in [0.15, 0.2) is 24.3 Å². The van der Waals surface area contributed by atoms with E-state index in [1.54, 1.807) is 12.1 Å². The summed E-state index contributed by atoms with van der Waals surface area (Å²) in [7, 11) is 0. The standard InChI is InChI=1S/C10H11BrN2O2/c11-6-2-1-3-8-7-9(12)4-5-10(8)13(14)15/h1,3-5,7H,2,6,12H2. The minimum atomic E-state index is -0.409. The number of nitro groups is 1. The molecule has 15 heavy (non-hydrogen) atoms. The van der Waals surface area contributed by atoms with Crippen molar-refractivity contribution in [3.05, 3.63) is 40.0 Å². The van der Waals surface area contributed by atoms with Gasteiger partial charge in [0.25, 0.3) is 5.69 Å². The quantitative estimate of drug-likeness (QED) is 0.396. The van der Waals surface area contributed by atoms with Gasteiger partial charge in [-0.15, -0.1) is 0 Å². The smallest absolute Gasteiger partial charge is 0.276 e. The van der Waals surface area contributed by atoms with Crippen molar-refractivity contribution in [2.45, 2.75) is 6.42 Å². The summed E-state index contributed by atoms with van der Waals surface area (Å²) in [4.78, 5) is 10.3. The molecule has 0 aromatic heterocycles. The molecule has 2 N–H and O–H groups in total. The Morgan fingerprint density at radius 3 is 2.87 bits per heavy atom. The molecule has 0 unspecified atom stereocenters. The molecule has 0 heterocycles. The SMILES string of the molecule is Nc1ccc([N+](=O)[O-])c(C=CCCBr)c1. The Kier molecular flexibility index (Phi) is 4.30. The number of nitrogens with two attached hydrogens (primary N) is 1. The van der Waals surface area contributed by atoms with E-state index >= 15 is 0 Å². The highest BCUT2D eigenvalue weighted by Gasteiger charge is 2.10. The van der Waals surface area contributed by atoms with E-state index in [0.717, 1.165) is 11.8 Å². The van der Waals surface area contributed by atoms with Crippen molar-refractivity contribution in [3.63, 3.8) is 0 Å². The third-order valence-electron chi connectivity index (χ3n) is 1.82. The second kappa shape index (κ2) is 5.50. The fourth-order valence-electron chi connectivity index (χ4n) is 1.15. The maximum atomic E-state index is 10.7. The van der Waals surface area contributed by atoms with E-state index in [1.165, 1.54) is 12.1 Å². The van der Waals surface area contributed by atoms with E-state index in [-0.39, 0.29) is 5.69 Å². The summed E-state index contributed by atoms with van der Waals surface area (Å²) in [6, 6.07) is 4.55. The van der Waals surface area contributed by atoms with E-state index in [4.69, 9.17) is 5.73 Å². The van der Waals surface area contributed by atoms with E-state index in [1.807, 2.05) is 6.08 Å². The third-order valence-corrected chi connectivity index (χ3v) is 2.28. The molecule has 0 amide bonds. The molecule has 0 aliphatic carbocycles. The zero-order chi connectivity index (χ0) is 11.3. The largest absolute Gasteiger partial charge is 0.399 e. The van der Waals surface area contributed by atoms with Crippen LogP contribution in [0, 0.1) is 10.1 Å². The Morgan fingerprint density at radius 2 is 2.27 bits per heavy atom. The van der Waals surface area contributed by atoms with Crippen LogP contribution < -0.4 is 5.73 Å². The number of hydrogen-bond acceptors (Lipinski definition) is 3. The van der Waals surface area contributed by atoms with Crippen molar-refractivity contribution in [1.29, 1.82) is 0 Å². The van der Waals surface area contributed by atoms with Crippen LogP contribution in [0.4, 0.5) is 11.4 Å². The van der Waals surface area contributed by atoms with Crippen LogP contribution in [-0.2, 0) is 0 Å². The van der Waals surface area contributed by atoms with Gasteiger partial charge in [0.2, 0.25) is 0 Å². The van der Waals surface area contributed by atoms with Crippen LogP contribution in [0.2, 0.25) is 0 Å². The molecule has 0 bridgehead atoms. The molecule has 0 saturated carbocycles. The van der Waals surface area contributed by atoms with Gasteiger partial charge in [-0.05, 0) is 18.6 Å². The average molecular weight is 271 g/mol. The molecule has 0 atom stereocenters. The minimum absolute atomic E-state index is 0.0787. The van der Waals surface area contributed by atoms with Gasteiger partial charge in [-0.25, -0.2) is 0 Å². The number of benzene rings is 1. The van der Waals surface area contributed by atoms with Gasteiger partial charge < -0.3 is 5.73 Å². The summed E-state index contributed by atoms with van der Waals surface area (Å²) >= 11 is 3.28. The first-order valence-corrected chi connectivity index (χ1v) is 5.53. The lowest BCUT2D eigenvalue weighted by atomic mass is 10.1. The lowest BCUT2D eigenvalue weighted by molar-refractivity contribution is -0.385. The molecule has 0 saturated heterocycles. The van der Waals surface area contributed by atoms with Gasteiger partial charge in [0.15, 0.2) is 0 Å². The molecular weight excluding hydrogens is 260 g/mol. The normalized spacial score (nSPS) is 10.7. The fourth-order valence-corrected chi connectivity index (χ4v) is 1.41. The Labute approximate surface area is 96.1 Å². The van der Waals surface area contributed by atoms with Crippen LogP contribution in [0.25, 0.3) is 6.08 Å². The van der Waals surface area contributed by atoms with Gasteiger partial charge in [0.05, 0.1) is 10.5 Å². The van der Waals surface area contributed by atoms with Gasteiger partial charge in [0.1, 0.15) is 0 Å². The number of nitrogens with zero attached hydrogens (tertiary/aromatic N) is 1. The third kappa shape index (κ3) is 3.36. The molecule has 1 aromatic carbocycles. The Balaban J connectivity index is 3.02. The number of anilines is 1. The predicted octanol–water partition coefficient (Wildman–Crippen LogP) is 2.98.